The zero-order valence-corrected chi connectivity index (χ0v) is 13.2. The molecule has 0 saturated carbocycles. The van der Waals surface area contributed by atoms with E-state index >= 15 is 0 Å². The van der Waals surface area contributed by atoms with Crippen LogP contribution in [0.15, 0.2) is 11.4 Å². The van der Waals surface area contributed by atoms with Crippen LogP contribution in [0.25, 0.3) is 0 Å². The van der Waals surface area contributed by atoms with Gasteiger partial charge in [0, 0.05) is 34.4 Å². The third kappa shape index (κ3) is 4.41. The van der Waals surface area contributed by atoms with Gasteiger partial charge in [-0.1, -0.05) is 0 Å². The third-order valence-electron chi connectivity index (χ3n) is 2.78. The van der Waals surface area contributed by atoms with Gasteiger partial charge in [-0.2, -0.15) is 4.31 Å². The summed E-state index contributed by atoms with van der Waals surface area (Å²) in [5.74, 6) is -0.484. The first-order valence-corrected chi connectivity index (χ1v) is 7.73. The van der Waals surface area contributed by atoms with Crippen LogP contribution >= 0.6 is 0 Å². The van der Waals surface area contributed by atoms with E-state index in [0.29, 0.717) is 19.6 Å². The smallest absolute Gasteiger partial charge is 0.262 e. The molecule has 9 nitrogen and oxygen atoms in total. The van der Waals surface area contributed by atoms with E-state index in [1.54, 1.807) is 7.11 Å². The predicted octanol–water partition coefficient (Wildman–Crippen LogP) is -1.22. The monoisotopic (exact) mass is 319 g/mol. The largest absolute Gasteiger partial charge is 0.385 e. The number of anilines is 1. The number of hydrogen-bond acceptors (Lipinski definition) is 6. The molecule has 0 atom stereocenters. The number of amides is 1. The maximum Gasteiger partial charge on any atom is 0.262 e. The van der Waals surface area contributed by atoms with Crippen LogP contribution < -0.4 is 11.1 Å². The summed E-state index contributed by atoms with van der Waals surface area (Å²) in [6, 6.07) is 0. The molecule has 0 spiro atoms. The average Bonchev–Trinajstić information content (AvgIpc) is 2.74. The lowest BCUT2D eigenvalue weighted by atomic mass is 10.4. The van der Waals surface area contributed by atoms with E-state index in [1.807, 2.05) is 0 Å². The van der Waals surface area contributed by atoms with E-state index in [9.17, 15) is 13.2 Å². The summed E-state index contributed by atoms with van der Waals surface area (Å²) in [7, 11) is 0.545. The van der Waals surface area contributed by atoms with E-state index in [2.05, 4.69) is 10.3 Å². The molecule has 0 saturated heterocycles. The van der Waals surface area contributed by atoms with Crippen LogP contribution in [-0.2, 0) is 26.6 Å². The first-order chi connectivity index (χ1) is 9.80. The highest BCUT2D eigenvalue weighted by Gasteiger charge is 2.28. The lowest BCUT2D eigenvalue weighted by Gasteiger charge is -2.17. The van der Waals surface area contributed by atoms with Crippen molar-refractivity contribution in [3.8, 4) is 0 Å². The van der Waals surface area contributed by atoms with Gasteiger partial charge in [0.25, 0.3) is 10.0 Å². The summed E-state index contributed by atoms with van der Waals surface area (Å²) in [6.07, 6.45) is 1.97. The van der Waals surface area contributed by atoms with Gasteiger partial charge < -0.3 is 20.4 Å². The number of aromatic nitrogens is 2. The van der Waals surface area contributed by atoms with Crippen molar-refractivity contribution in [3.63, 3.8) is 0 Å². The Balaban J connectivity index is 2.66. The number of methoxy groups -OCH3 is 1. The molecule has 1 heterocycles. The minimum atomic E-state index is -3.86. The average molecular weight is 319 g/mol. The number of nitrogens with zero attached hydrogens (tertiary/aromatic N) is 3. The van der Waals surface area contributed by atoms with Crippen molar-refractivity contribution < 1.29 is 17.9 Å². The highest BCUT2D eigenvalue weighted by molar-refractivity contribution is 7.89. The van der Waals surface area contributed by atoms with Crippen molar-refractivity contribution in [2.24, 2.45) is 7.05 Å². The second-order valence-corrected chi connectivity index (χ2v) is 6.46. The number of nitrogens with two attached hydrogens (primary N) is 1. The molecule has 0 bridgehead atoms. The van der Waals surface area contributed by atoms with Gasteiger partial charge in [-0.3, -0.25) is 4.79 Å². The number of nitrogens with one attached hydrogen (secondary N) is 1. The summed E-state index contributed by atoms with van der Waals surface area (Å²) in [5, 5.41) is 2.49. The molecule has 3 N–H and O–H groups in total. The van der Waals surface area contributed by atoms with Crippen LogP contribution in [0.3, 0.4) is 0 Å². The van der Waals surface area contributed by atoms with Crippen molar-refractivity contribution in [3.05, 3.63) is 6.33 Å². The topological polar surface area (TPSA) is 120 Å². The van der Waals surface area contributed by atoms with E-state index in [-0.39, 0.29) is 17.4 Å². The number of sulfonamides is 1. The van der Waals surface area contributed by atoms with Gasteiger partial charge in [0.15, 0.2) is 10.8 Å². The Labute approximate surface area is 124 Å². The second kappa shape index (κ2) is 7.38. The van der Waals surface area contributed by atoms with Gasteiger partial charge >= 0.3 is 0 Å². The first-order valence-electron chi connectivity index (χ1n) is 6.29. The normalized spacial score (nSPS) is 11.8. The Bertz CT molecular complexity index is 564. The zero-order chi connectivity index (χ0) is 16.0. The molecule has 1 aromatic rings. The fraction of sp³-hybridized carbons (Fsp3) is 0.636. The molecule has 1 amide bonds. The molecule has 0 radical (unpaired) electrons. The number of aryl methyl sites for hydroxylation is 1. The number of imidazole rings is 1. The molecule has 0 aliphatic rings. The predicted molar refractivity (Wildman–Crippen MR) is 76.9 cm³/mol. The lowest BCUT2D eigenvalue weighted by molar-refractivity contribution is -0.121. The Hall–Kier alpha value is -1.65. The highest BCUT2D eigenvalue weighted by atomic mass is 32.2. The SMILES string of the molecule is COCCCNC(=O)CN(C)S(=O)(=O)c1c(N)ncn1C. The number of nitrogen functional groups attached to an aromatic ring is 1. The fourth-order valence-corrected chi connectivity index (χ4v) is 3.00. The van der Waals surface area contributed by atoms with Gasteiger partial charge in [-0.15, -0.1) is 0 Å². The van der Waals surface area contributed by atoms with Crippen LogP contribution in [0.1, 0.15) is 6.42 Å². The van der Waals surface area contributed by atoms with Crippen molar-refractivity contribution in [2.45, 2.75) is 11.4 Å². The van der Waals surface area contributed by atoms with Gasteiger partial charge in [-0.25, -0.2) is 13.4 Å². The van der Waals surface area contributed by atoms with Gasteiger partial charge in [0.05, 0.1) is 12.9 Å². The van der Waals surface area contributed by atoms with E-state index in [4.69, 9.17) is 10.5 Å². The molecule has 0 fully saturated rings. The lowest BCUT2D eigenvalue weighted by Crippen LogP contribution is -2.39. The molecular weight excluding hydrogens is 298 g/mol. The van der Waals surface area contributed by atoms with E-state index < -0.39 is 15.9 Å². The molecule has 1 aromatic heterocycles. The van der Waals surface area contributed by atoms with Crippen LogP contribution in [0, 0.1) is 0 Å². The molecule has 0 aromatic carbocycles. The van der Waals surface area contributed by atoms with Crippen molar-refractivity contribution in [1.82, 2.24) is 19.2 Å². The maximum absolute atomic E-state index is 12.3. The molecule has 0 aliphatic heterocycles. The third-order valence-corrected chi connectivity index (χ3v) is 4.71. The summed E-state index contributed by atoms with van der Waals surface area (Å²) < 4.78 is 31.8. The van der Waals surface area contributed by atoms with E-state index in [1.165, 1.54) is 25.0 Å². The number of rotatable bonds is 8. The molecule has 0 unspecified atom stereocenters. The van der Waals surface area contributed by atoms with Crippen molar-refractivity contribution in [1.29, 1.82) is 0 Å². The molecule has 10 heteroatoms. The quantitative estimate of drug-likeness (QED) is 0.579. The van der Waals surface area contributed by atoms with Gasteiger partial charge in [-0.05, 0) is 6.42 Å². The molecular formula is C11H21N5O4S. The summed E-state index contributed by atoms with van der Waals surface area (Å²) in [5.41, 5.74) is 5.56. The van der Waals surface area contributed by atoms with Gasteiger partial charge in [0.1, 0.15) is 0 Å². The second-order valence-electron chi connectivity index (χ2n) is 4.50. The van der Waals surface area contributed by atoms with Crippen LogP contribution in [-0.4, -0.2) is 62.0 Å². The van der Waals surface area contributed by atoms with Gasteiger partial charge in [0.2, 0.25) is 5.91 Å². The van der Waals surface area contributed by atoms with Crippen LogP contribution in [0.4, 0.5) is 5.82 Å². The molecule has 21 heavy (non-hydrogen) atoms. The van der Waals surface area contributed by atoms with Crippen LogP contribution in [0.5, 0.6) is 0 Å². The zero-order valence-electron chi connectivity index (χ0n) is 12.4. The molecule has 120 valence electrons. The number of carbonyl (C=O) groups is 1. The Kier molecular flexibility index (Phi) is 6.12. The molecule has 0 aliphatic carbocycles. The maximum atomic E-state index is 12.3. The standard InChI is InChI=1S/C11H21N5O4S/c1-15-8-14-10(12)11(15)21(18,19)16(2)7-9(17)13-5-4-6-20-3/h8H,4-7,12H2,1-3H3,(H,13,17). The highest BCUT2D eigenvalue weighted by Crippen LogP contribution is 2.19. The molecule has 1 rings (SSSR count). The number of carbonyl (C=O) groups excluding carboxylic acids is 1. The van der Waals surface area contributed by atoms with Crippen LogP contribution in [0.2, 0.25) is 0 Å². The Morgan fingerprint density at radius 2 is 2.24 bits per heavy atom. The minimum Gasteiger partial charge on any atom is -0.385 e. The minimum absolute atomic E-state index is 0.0927. The van der Waals surface area contributed by atoms with Crippen molar-refractivity contribution >= 4 is 21.7 Å². The number of hydrogen-bond donors (Lipinski definition) is 2. The summed E-state index contributed by atoms with van der Waals surface area (Å²) >= 11 is 0. The Morgan fingerprint density at radius 1 is 1.57 bits per heavy atom. The summed E-state index contributed by atoms with van der Waals surface area (Å²) in [4.78, 5) is 15.4. The number of ether oxygens (including phenoxy) is 1. The summed E-state index contributed by atoms with van der Waals surface area (Å²) in [6.45, 7) is 0.661. The Morgan fingerprint density at radius 3 is 2.76 bits per heavy atom. The number of likely N-dealkylation sites (N-methyl/N-ethyl adjacent to an activating group) is 1. The van der Waals surface area contributed by atoms with E-state index in [0.717, 1.165) is 4.31 Å². The first kappa shape index (κ1) is 17.4. The fourth-order valence-electron chi connectivity index (χ4n) is 1.69. The van der Waals surface area contributed by atoms with Crippen molar-refractivity contribution in [2.75, 3.05) is 39.6 Å².